The summed E-state index contributed by atoms with van der Waals surface area (Å²) in [5.41, 5.74) is 2.00. The standard InChI is InChI=1S/C28H41Cl2N3O2/c1-27(2,3)20-4-6-21(7-5-20)32-10-8-28(9-11-32)22-18-23(29)24(30)19-25(22)33(26(28)34)13-12-31-14-16-35-17-15-31/h18-21H,4-17H2,1-3H3. The second-order valence-electron chi connectivity index (χ2n) is 12.2. The summed E-state index contributed by atoms with van der Waals surface area (Å²) in [7, 11) is 0. The molecule has 1 aliphatic carbocycles. The minimum absolute atomic E-state index is 0.246. The first-order valence-electron chi connectivity index (χ1n) is 13.5. The first-order valence-corrected chi connectivity index (χ1v) is 14.3. The summed E-state index contributed by atoms with van der Waals surface area (Å²) in [6, 6.07) is 4.56. The number of rotatable bonds is 4. The van der Waals surface area contributed by atoms with Crippen molar-refractivity contribution in [1.82, 2.24) is 9.80 Å². The third kappa shape index (κ3) is 5.01. The van der Waals surface area contributed by atoms with E-state index in [1.165, 1.54) is 25.7 Å². The Morgan fingerprint density at radius 3 is 2.20 bits per heavy atom. The minimum Gasteiger partial charge on any atom is -0.379 e. The zero-order valence-electron chi connectivity index (χ0n) is 21.6. The van der Waals surface area contributed by atoms with Crippen LogP contribution >= 0.6 is 23.2 Å². The van der Waals surface area contributed by atoms with Crippen LogP contribution in [0.2, 0.25) is 10.0 Å². The number of carbonyl (C=O) groups is 1. The molecule has 5 rings (SSSR count). The Balaban J connectivity index is 1.30. The maximum atomic E-state index is 14.0. The normalized spacial score (nSPS) is 28.0. The van der Waals surface area contributed by atoms with Gasteiger partial charge in [-0.1, -0.05) is 44.0 Å². The first-order chi connectivity index (χ1) is 16.7. The average Bonchev–Trinajstić information content (AvgIpc) is 3.05. The van der Waals surface area contributed by atoms with Crippen molar-refractivity contribution >= 4 is 34.8 Å². The molecule has 0 radical (unpaired) electrons. The number of hydrogen-bond donors (Lipinski definition) is 0. The predicted octanol–water partition coefficient (Wildman–Crippen LogP) is 5.61. The number of halogens is 2. The van der Waals surface area contributed by atoms with E-state index in [1.54, 1.807) is 0 Å². The van der Waals surface area contributed by atoms with Crippen LogP contribution in [-0.4, -0.2) is 74.2 Å². The molecular weight excluding hydrogens is 481 g/mol. The molecule has 0 bridgehead atoms. The van der Waals surface area contributed by atoms with E-state index in [1.807, 2.05) is 17.0 Å². The lowest BCUT2D eigenvalue weighted by atomic mass is 9.70. The van der Waals surface area contributed by atoms with E-state index < -0.39 is 5.41 Å². The Kier molecular flexibility index (Phi) is 7.47. The van der Waals surface area contributed by atoms with Crippen LogP contribution in [0.3, 0.4) is 0 Å². The Bertz CT molecular complexity index is 925. The SMILES string of the molecule is CC(C)(C)C1CCC(N2CCC3(CC2)C(=O)N(CCN2CCOCC2)c2cc(Cl)c(Cl)cc23)CC1. The van der Waals surface area contributed by atoms with Crippen LogP contribution in [0, 0.1) is 11.3 Å². The number of anilines is 1. The van der Waals surface area contributed by atoms with Crippen molar-refractivity contribution in [2.75, 3.05) is 57.4 Å². The van der Waals surface area contributed by atoms with Gasteiger partial charge in [-0.2, -0.15) is 0 Å². The van der Waals surface area contributed by atoms with E-state index in [0.29, 0.717) is 28.0 Å². The number of amides is 1. The van der Waals surface area contributed by atoms with Crippen LogP contribution in [0.15, 0.2) is 12.1 Å². The molecule has 3 fully saturated rings. The maximum Gasteiger partial charge on any atom is 0.237 e. The number of benzene rings is 1. The number of hydrogen-bond acceptors (Lipinski definition) is 4. The van der Waals surface area contributed by atoms with Gasteiger partial charge in [-0.15, -0.1) is 0 Å². The van der Waals surface area contributed by atoms with Gasteiger partial charge in [0.1, 0.15) is 0 Å². The van der Waals surface area contributed by atoms with Crippen molar-refractivity contribution in [3.05, 3.63) is 27.7 Å². The van der Waals surface area contributed by atoms with E-state index in [0.717, 1.165) is 75.9 Å². The van der Waals surface area contributed by atoms with Gasteiger partial charge in [0.2, 0.25) is 5.91 Å². The van der Waals surface area contributed by atoms with Crippen molar-refractivity contribution in [3.63, 3.8) is 0 Å². The number of morpholine rings is 1. The molecule has 7 heteroatoms. The van der Waals surface area contributed by atoms with Gasteiger partial charge in [-0.3, -0.25) is 9.69 Å². The van der Waals surface area contributed by atoms with Crippen molar-refractivity contribution < 1.29 is 9.53 Å². The highest BCUT2D eigenvalue weighted by Crippen LogP contribution is 2.51. The van der Waals surface area contributed by atoms with Gasteiger partial charge in [-0.25, -0.2) is 0 Å². The molecule has 1 aromatic rings. The predicted molar refractivity (Wildman–Crippen MR) is 144 cm³/mol. The summed E-state index contributed by atoms with van der Waals surface area (Å²) in [6.07, 6.45) is 6.94. The van der Waals surface area contributed by atoms with E-state index in [4.69, 9.17) is 27.9 Å². The molecule has 3 heterocycles. The van der Waals surface area contributed by atoms with Crippen molar-refractivity contribution in [3.8, 4) is 0 Å². The maximum absolute atomic E-state index is 14.0. The molecule has 3 aliphatic heterocycles. The molecule has 194 valence electrons. The molecule has 0 atom stereocenters. The Morgan fingerprint density at radius 1 is 0.943 bits per heavy atom. The van der Waals surface area contributed by atoms with Crippen molar-refractivity contribution in [2.24, 2.45) is 11.3 Å². The molecule has 0 aromatic heterocycles. The number of nitrogens with zero attached hydrogens (tertiary/aromatic N) is 3. The van der Waals surface area contributed by atoms with Crippen LogP contribution in [-0.2, 0) is 14.9 Å². The number of carbonyl (C=O) groups excluding carboxylic acids is 1. The van der Waals surface area contributed by atoms with E-state index in [-0.39, 0.29) is 5.91 Å². The summed E-state index contributed by atoms with van der Waals surface area (Å²) in [5.74, 6) is 1.07. The highest BCUT2D eigenvalue weighted by Gasteiger charge is 2.52. The molecule has 1 saturated carbocycles. The minimum atomic E-state index is -0.465. The summed E-state index contributed by atoms with van der Waals surface area (Å²) in [6.45, 7) is 14.0. The summed E-state index contributed by atoms with van der Waals surface area (Å²) >= 11 is 12.9. The lowest BCUT2D eigenvalue weighted by Crippen LogP contribution is -2.52. The fourth-order valence-corrected chi connectivity index (χ4v) is 7.30. The number of fused-ring (bicyclic) bond motifs is 2. The smallest absolute Gasteiger partial charge is 0.237 e. The Morgan fingerprint density at radius 2 is 1.57 bits per heavy atom. The van der Waals surface area contributed by atoms with Gasteiger partial charge in [0.15, 0.2) is 0 Å². The summed E-state index contributed by atoms with van der Waals surface area (Å²) in [4.78, 5) is 21.1. The third-order valence-corrected chi connectivity index (χ3v) is 10.1. The molecule has 1 aromatic carbocycles. The Hall–Kier alpha value is -0.850. The van der Waals surface area contributed by atoms with Gasteiger partial charge >= 0.3 is 0 Å². The highest BCUT2D eigenvalue weighted by molar-refractivity contribution is 6.42. The molecule has 1 spiro atoms. The fourth-order valence-electron chi connectivity index (χ4n) is 6.98. The van der Waals surface area contributed by atoms with E-state index in [2.05, 4.69) is 30.6 Å². The van der Waals surface area contributed by atoms with Crippen LogP contribution in [0.4, 0.5) is 5.69 Å². The lowest BCUT2D eigenvalue weighted by Gasteiger charge is -2.45. The molecule has 5 nitrogen and oxygen atoms in total. The van der Waals surface area contributed by atoms with Gasteiger partial charge < -0.3 is 14.5 Å². The first kappa shape index (κ1) is 25.8. The number of ether oxygens (including phenoxy) is 1. The monoisotopic (exact) mass is 521 g/mol. The zero-order chi connectivity index (χ0) is 24.8. The van der Waals surface area contributed by atoms with Gasteiger partial charge in [0.05, 0.1) is 28.7 Å². The topological polar surface area (TPSA) is 36.0 Å². The molecular formula is C28H41Cl2N3O2. The molecule has 1 amide bonds. The molecule has 4 aliphatic rings. The zero-order valence-corrected chi connectivity index (χ0v) is 23.1. The summed E-state index contributed by atoms with van der Waals surface area (Å²) < 4.78 is 5.49. The number of likely N-dealkylation sites (tertiary alicyclic amines) is 1. The van der Waals surface area contributed by atoms with Gasteiger partial charge in [-0.05, 0) is 80.6 Å². The average molecular weight is 523 g/mol. The molecule has 0 unspecified atom stereocenters. The largest absolute Gasteiger partial charge is 0.379 e. The van der Waals surface area contributed by atoms with Crippen LogP contribution in [0.1, 0.15) is 64.9 Å². The van der Waals surface area contributed by atoms with Gasteiger partial charge in [0.25, 0.3) is 0 Å². The Labute approximate surface area is 221 Å². The summed E-state index contributed by atoms with van der Waals surface area (Å²) in [5, 5.41) is 1.08. The second-order valence-corrected chi connectivity index (χ2v) is 13.0. The lowest BCUT2D eigenvalue weighted by molar-refractivity contribution is -0.125. The molecule has 2 saturated heterocycles. The van der Waals surface area contributed by atoms with Crippen LogP contribution in [0.5, 0.6) is 0 Å². The van der Waals surface area contributed by atoms with E-state index in [9.17, 15) is 4.79 Å². The van der Waals surface area contributed by atoms with Crippen LogP contribution < -0.4 is 4.90 Å². The van der Waals surface area contributed by atoms with Gasteiger partial charge in [0, 0.05) is 37.9 Å². The van der Waals surface area contributed by atoms with Crippen molar-refractivity contribution in [1.29, 1.82) is 0 Å². The number of piperidine rings is 1. The highest BCUT2D eigenvalue weighted by atomic mass is 35.5. The van der Waals surface area contributed by atoms with Crippen LogP contribution in [0.25, 0.3) is 0 Å². The second kappa shape index (κ2) is 10.1. The molecule has 35 heavy (non-hydrogen) atoms. The third-order valence-electron chi connectivity index (χ3n) is 9.33. The fraction of sp³-hybridized carbons (Fsp3) is 0.750. The quantitative estimate of drug-likeness (QED) is 0.515. The van der Waals surface area contributed by atoms with Crippen molar-refractivity contribution in [2.45, 2.75) is 70.8 Å². The molecule has 0 N–H and O–H groups in total. The van der Waals surface area contributed by atoms with E-state index >= 15 is 0 Å².